The predicted octanol–water partition coefficient (Wildman–Crippen LogP) is 2.96. The Bertz CT molecular complexity index is 368. The van der Waals surface area contributed by atoms with E-state index >= 15 is 0 Å². The van der Waals surface area contributed by atoms with Gasteiger partial charge in [0.1, 0.15) is 10.3 Å². The van der Waals surface area contributed by atoms with Gasteiger partial charge in [-0.15, -0.1) is 0 Å². The average molecular weight is 285 g/mol. The van der Waals surface area contributed by atoms with Crippen LogP contribution in [0.2, 0.25) is 0 Å². The first kappa shape index (κ1) is 13.2. The number of aromatic nitrogens is 1. The Morgan fingerprint density at radius 1 is 1.56 bits per heavy atom. The van der Waals surface area contributed by atoms with Crippen LogP contribution in [-0.2, 0) is 0 Å². The van der Waals surface area contributed by atoms with Crippen LogP contribution >= 0.6 is 15.9 Å². The summed E-state index contributed by atoms with van der Waals surface area (Å²) >= 11 is 3.26. The lowest BCUT2D eigenvalue weighted by atomic mass is 10.1. The van der Waals surface area contributed by atoms with Gasteiger partial charge in [-0.05, 0) is 34.0 Å². The summed E-state index contributed by atoms with van der Waals surface area (Å²) in [7, 11) is 1.82. The van der Waals surface area contributed by atoms with E-state index in [4.69, 9.17) is 0 Å². The summed E-state index contributed by atoms with van der Waals surface area (Å²) in [6, 6.07) is 5.37. The first-order valence-electron chi connectivity index (χ1n) is 5.42. The SMILES string of the molecule is CCC(C)CN(C)C(=O)c1cccc(Br)n1. The van der Waals surface area contributed by atoms with Crippen molar-refractivity contribution in [2.24, 2.45) is 5.92 Å². The molecule has 88 valence electrons. The molecule has 16 heavy (non-hydrogen) atoms. The normalized spacial score (nSPS) is 12.2. The first-order chi connectivity index (χ1) is 7.54. The highest BCUT2D eigenvalue weighted by atomic mass is 79.9. The zero-order valence-corrected chi connectivity index (χ0v) is 11.5. The van der Waals surface area contributed by atoms with Gasteiger partial charge >= 0.3 is 0 Å². The Morgan fingerprint density at radius 2 is 2.25 bits per heavy atom. The minimum Gasteiger partial charge on any atom is -0.340 e. The fourth-order valence-electron chi connectivity index (χ4n) is 1.40. The van der Waals surface area contributed by atoms with E-state index in [-0.39, 0.29) is 5.91 Å². The summed E-state index contributed by atoms with van der Waals surface area (Å²) in [6.45, 7) is 5.03. The Balaban J connectivity index is 2.70. The van der Waals surface area contributed by atoms with Gasteiger partial charge in [-0.1, -0.05) is 26.3 Å². The maximum absolute atomic E-state index is 12.0. The van der Waals surface area contributed by atoms with Crippen molar-refractivity contribution in [2.75, 3.05) is 13.6 Å². The van der Waals surface area contributed by atoms with Gasteiger partial charge in [0, 0.05) is 13.6 Å². The molecule has 0 radical (unpaired) electrons. The van der Waals surface area contributed by atoms with Crippen LogP contribution in [0.4, 0.5) is 0 Å². The number of hydrogen-bond donors (Lipinski definition) is 0. The number of carbonyl (C=O) groups excluding carboxylic acids is 1. The molecule has 1 atom stereocenters. The number of hydrogen-bond acceptors (Lipinski definition) is 2. The van der Waals surface area contributed by atoms with Gasteiger partial charge in [0.05, 0.1) is 0 Å². The van der Waals surface area contributed by atoms with Crippen LogP contribution in [0.1, 0.15) is 30.8 Å². The monoisotopic (exact) mass is 284 g/mol. The van der Waals surface area contributed by atoms with Crippen LogP contribution in [0.5, 0.6) is 0 Å². The van der Waals surface area contributed by atoms with Crippen molar-refractivity contribution in [3.05, 3.63) is 28.5 Å². The molecule has 1 unspecified atom stereocenters. The van der Waals surface area contributed by atoms with Crippen molar-refractivity contribution in [1.82, 2.24) is 9.88 Å². The molecule has 0 fully saturated rings. The third kappa shape index (κ3) is 3.59. The number of carbonyl (C=O) groups is 1. The molecule has 1 aromatic heterocycles. The summed E-state index contributed by atoms with van der Waals surface area (Å²) in [5.41, 5.74) is 0.486. The van der Waals surface area contributed by atoms with Gasteiger partial charge in [0.15, 0.2) is 0 Å². The van der Waals surface area contributed by atoms with Gasteiger partial charge in [0.25, 0.3) is 5.91 Å². The Morgan fingerprint density at radius 3 is 2.81 bits per heavy atom. The molecule has 0 saturated carbocycles. The first-order valence-corrected chi connectivity index (χ1v) is 6.22. The van der Waals surface area contributed by atoms with Gasteiger partial charge in [-0.2, -0.15) is 0 Å². The second-order valence-electron chi connectivity index (χ2n) is 4.04. The smallest absolute Gasteiger partial charge is 0.272 e. The molecule has 0 saturated heterocycles. The molecule has 0 spiro atoms. The van der Waals surface area contributed by atoms with Crippen LogP contribution in [-0.4, -0.2) is 29.4 Å². The summed E-state index contributed by atoms with van der Waals surface area (Å²) in [6.07, 6.45) is 1.07. The average Bonchev–Trinajstić information content (AvgIpc) is 2.27. The molecule has 1 heterocycles. The van der Waals surface area contributed by atoms with Gasteiger partial charge in [-0.3, -0.25) is 4.79 Å². The Kier molecular flexibility index (Phi) is 4.93. The van der Waals surface area contributed by atoms with E-state index in [0.717, 1.165) is 13.0 Å². The van der Waals surface area contributed by atoms with E-state index in [1.54, 1.807) is 11.0 Å². The quantitative estimate of drug-likeness (QED) is 0.797. The van der Waals surface area contributed by atoms with E-state index in [9.17, 15) is 4.79 Å². The predicted molar refractivity (Wildman–Crippen MR) is 68.4 cm³/mol. The lowest BCUT2D eigenvalue weighted by Gasteiger charge is -2.20. The molecule has 1 amide bonds. The maximum Gasteiger partial charge on any atom is 0.272 e. The zero-order valence-electron chi connectivity index (χ0n) is 9.90. The molecular weight excluding hydrogens is 268 g/mol. The van der Waals surface area contributed by atoms with Gasteiger partial charge < -0.3 is 4.90 Å². The third-order valence-electron chi connectivity index (χ3n) is 2.56. The second kappa shape index (κ2) is 5.99. The largest absolute Gasteiger partial charge is 0.340 e. The topological polar surface area (TPSA) is 33.2 Å². The zero-order chi connectivity index (χ0) is 12.1. The van der Waals surface area contributed by atoms with E-state index in [1.165, 1.54) is 0 Å². The third-order valence-corrected chi connectivity index (χ3v) is 3.01. The fraction of sp³-hybridized carbons (Fsp3) is 0.500. The maximum atomic E-state index is 12.0. The standard InChI is InChI=1S/C12H17BrN2O/c1-4-9(2)8-15(3)12(16)10-6-5-7-11(13)14-10/h5-7,9H,4,8H2,1-3H3. The van der Waals surface area contributed by atoms with Crippen molar-refractivity contribution in [3.63, 3.8) is 0 Å². The second-order valence-corrected chi connectivity index (χ2v) is 4.86. The molecule has 0 aromatic carbocycles. The number of rotatable bonds is 4. The van der Waals surface area contributed by atoms with Crippen LogP contribution in [0.25, 0.3) is 0 Å². The highest BCUT2D eigenvalue weighted by Crippen LogP contribution is 2.10. The molecule has 0 aliphatic heterocycles. The molecule has 0 aliphatic carbocycles. The molecule has 0 N–H and O–H groups in total. The molecule has 0 aliphatic rings. The lowest BCUT2D eigenvalue weighted by molar-refractivity contribution is 0.0769. The van der Waals surface area contributed by atoms with Crippen molar-refractivity contribution >= 4 is 21.8 Å². The number of amides is 1. The summed E-state index contributed by atoms with van der Waals surface area (Å²) in [5, 5.41) is 0. The van der Waals surface area contributed by atoms with Gasteiger partial charge in [0.2, 0.25) is 0 Å². The van der Waals surface area contributed by atoms with Crippen molar-refractivity contribution in [3.8, 4) is 0 Å². The Labute approximate surface area is 105 Å². The van der Waals surface area contributed by atoms with Gasteiger partial charge in [-0.25, -0.2) is 4.98 Å². The highest BCUT2D eigenvalue weighted by molar-refractivity contribution is 9.10. The summed E-state index contributed by atoms with van der Waals surface area (Å²) in [5.74, 6) is 0.489. The lowest BCUT2D eigenvalue weighted by Crippen LogP contribution is -2.31. The minimum atomic E-state index is -0.0263. The van der Waals surface area contributed by atoms with Crippen LogP contribution in [0.15, 0.2) is 22.8 Å². The van der Waals surface area contributed by atoms with Crippen LogP contribution in [0.3, 0.4) is 0 Å². The van der Waals surface area contributed by atoms with E-state index in [1.807, 2.05) is 19.2 Å². The van der Waals surface area contributed by atoms with E-state index in [0.29, 0.717) is 16.2 Å². The fourth-order valence-corrected chi connectivity index (χ4v) is 1.75. The Hall–Kier alpha value is -0.900. The molecular formula is C12H17BrN2O. The molecule has 1 rings (SSSR count). The highest BCUT2D eigenvalue weighted by Gasteiger charge is 2.14. The summed E-state index contributed by atoms with van der Waals surface area (Å²) < 4.78 is 0.690. The van der Waals surface area contributed by atoms with Crippen molar-refractivity contribution < 1.29 is 4.79 Å². The van der Waals surface area contributed by atoms with E-state index < -0.39 is 0 Å². The van der Waals surface area contributed by atoms with E-state index in [2.05, 4.69) is 34.8 Å². The van der Waals surface area contributed by atoms with Crippen molar-refractivity contribution in [2.45, 2.75) is 20.3 Å². The number of halogens is 1. The number of nitrogens with zero attached hydrogens (tertiary/aromatic N) is 2. The molecule has 0 bridgehead atoms. The summed E-state index contributed by atoms with van der Waals surface area (Å²) in [4.78, 5) is 17.9. The minimum absolute atomic E-state index is 0.0263. The molecule has 3 nitrogen and oxygen atoms in total. The van der Waals surface area contributed by atoms with Crippen LogP contribution in [0, 0.1) is 5.92 Å². The van der Waals surface area contributed by atoms with Crippen LogP contribution < -0.4 is 0 Å². The van der Waals surface area contributed by atoms with Crippen molar-refractivity contribution in [1.29, 1.82) is 0 Å². The molecule has 4 heteroatoms. The molecule has 1 aromatic rings. The number of pyridine rings is 1.